The molecule has 28 heavy (non-hydrogen) atoms. The number of nitrogens with zero attached hydrogens (tertiary/aromatic N) is 3. The molecule has 0 aliphatic rings. The first-order valence-electron chi connectivity index (χ1n) is 8.86. The largest absolute Gasteiger partial charge is 0.361 e. The minimum atomic E-state index is -0.495. The summed E-state index contributed by atoms with van der Waals surface area (Å²) in [4.78, 5) is 29.6. The summed E-state index contributed by atoms with van der Waals surface area (Å²) in [5.74, 6) is -0.213. The second kappa shape index (κ2) is 8.12. The van der Waals surface area contributed by atoms with Gasteiger partial charge in [0.05, 0.1) is 11.9 Å². The normalized spacial score (nSPS) is 10.7. The zero-order chi connectivity index (χ0) is 20.3. The van der Waals surface area contributed by atoms with Gasteiger partial charge in [0.1, 0.15) is 17.3 Å². The molecule has 0 bridgehead atoms. The summed E-state index contributed by atoms with van der Waals surface area (Å²) in [6.45, 7) is 3.47. The quantitative estimate of drug-likeness (QED) is 0.604. The number of carbonyl (C=O) groups excluding carboxylic acids is 2. The second-order valence-corrected chi connectivity index (χ2v) is 6.41. The average Bonchev–Trinajstić information content (AvgIpc) is 3.11. The molecule has 0 saturated heterocycles. The Labute approximate surface area is 162 Å². The van der Waals surface area contributed by atoms with Gasteiger partial charge in [-0.1, -0.05) is 24.2 Å². The van der Waals surface area contributed by atoms with Crippen molar-refractivity contribution in [1.82, 2.24) is 10.1 Å². The van der Waals surface area contributed by atoms with E-state index in [4.69, 9.17) is 4.52 Å². The first-order valence-corrected chi connectivity index (χ1v) is 8.86. The number of halogens is 1. The number of hydrogen-bond acceptors (Lipinski definition) is 5. The number of benzene rings is 1. The predicted molar refractivity (Wildman–Crippen MR) is 103 cm³/mol. The van der Waals surface area contributed by atoms with Crippen LogP contribution in [0.15, 0.2) is 47.2 Å². The van der Waals surface area contributed by atoms with Crippen LogP contribution in [0.3, 0.4) is 0 Å². The maximum atomic E-state index is 14.5. The van der Waals surface area contributed by atoms with Crippen LogP contribution in [0.25, 0.3) is 11.1 Å². The van der Waals surface area contributed by atoms with Crippen LogP contribution in [0.5, 0.6) is 0 Å². The molecule has 0 unspecified atom stereocenters. The van der Waals surface area contributed by atoms with Crippen molar-refractivity contribution in [1.29, 1.82) is 0 Å². The monoisotopic (exact) mass is 381 g/mol. The molecule has 1 amide bonds. The Morgan fingerprint density at radius 2 is 1.89 bits per heavy atom. The minimum Gasteiger partial charge on any atom is -0.361 e. The summed E-state index contributed by atoms with van der Waals surface area (Å²) in [7, 11) is 1.54. The molecule has 144 valence electrons. The Bertz CT molecular complexity index is 1010. The highest BCUT2D eigenvalue weighted by Crippen LogP contribution is 2.26. The fourth-order valence-corrected chi connectivity index (χ4v) is 2.81. The molecule has 6 nitrogen and oxygen atoms in total. The molecule has 0 fully saturated rings. The van der Waals surface area contributed by atoms with Gasteiger partial charge in [0.15, 0.2) is 5.78 Å². The molecule has 0 saturated carbocycles. The topological polar surface area (TPSA) is 76.3 Å². The molecule has 3 aromatic rings. The van der Waals surface area contributed by atoms with Crippen LogP contribution in [0.4, 0.5) is 10.1 Å². The van der Waals surface area contributed by atoms with E-state index in [1.807, 2.05) is 0 Å². The highest BCUT2D eigenvalue weighted by atomic mass is 19.1. The molecule has 0 atom stereocenters. The zero-order valence-electron chi connectivity index (χ0n) is 15.9. The van der Waals surface area contributed by atoms with Gasteiger partial charge in [-0.25, -0.2) is 4.39 Å². The third-order valence-electron chi connectivity index (χ3n) is 4.57. The summed E-state index contributed by atoms with van der Waals surface area (Å²) < 4.78 is 19.4. The summed E-state index contributed by atoms with van der Waals surface area (Å²) in [6, 6.07) is 7.96. The summed E-state index contributed by atoms with van der Waals surface area (Å²) in [6.07, 6.45) is 3.50. The number of rotatable bonds is 6. The number of carbonyl (C=O) groups is 2. The maximum Gasteiger partial charge on any atom is 0.226 e. The van der Waals surface area contributed by atoms with Crippen LogP contribution in [0, 0.1) is 12.7 Å². The van der Waals surface area contributed by atoms with Crippen LogP contribution in [-0.2, 0) is 11.2 Å². The van der Waals surface area contributed by atoms with E-state index in [1.165, 1.54) is 23.4 Å². The molecular weight excluding hydrogens is 361 g/mol. The maximum absolute atomic E-state index is 14.5. The van der Waals surface area contributed by atoms with Crippen LogP contribution in [0.2, 0.25) is 0 Å². The Morgan fingerprint density at radius 3 is 2.46 bits per heavy atom. The van der Waals surface area contributed by atoms with Gasteiger partial charge >= 0.3 is 0 Å². The smallest absolute Gasteiger partial charge is 0.226 e. The van der Waals surface area contributed by atoms with Crippen molar-refractivity contribution >= 4 is 17.4 Å². The highest BCUT2D eigenvalue weighted by Gasteiger charge is 2.15. The van der Waals surface area contributed by atoms with E-state index in [-0.39, 0.29) is 23.8 Å². The number of hydrogen-bond donors (Lipinski definition) is 0. The van der Waals surface area contributed by atoms with E-state index in [0.717, 1.165) is 5.56 Å². The molecule has 0 aliphatic heterocycles. The lowest BCUT2D eigenvalue weighted by atomic mass is 10.0. The molecule has 0 spiro atoms. The highest BCUT2D eigenvalue weighted by molar-refractivity contribution is 5.96. The van der Waals surface area contributed by atoms with E-state index in [0.29, 0.717) is 29.0 Å². The van der Waals surface area contributed by atoms with Crippen LogP contribution in [-0.4, -0.2) is 28.9 Å². The summed E-state index contributed by atoms with van der Waals surface area (Å²) in [5, 5.41) is 3.66. The zero-order valence-corrected chi connectivity index (χ0v) is 15.9. The van der Waals surface area contributed by atoms with Gasteiger partial charge in [0.2, 0.25) is 5.91 Å². The lowest BCUT2D eigenvalue weighted by Gasteiger charge is -2.17. The molecule has 7 heteroatoms. The fraction of sp³-hybridized carbons (Fsp3) is 0.238. The Balaban J connectivity index is 1.78. The van der Waals surface area contributed by atoms with Crippen molar-refractivity contribution in [2.24, 2.45) is 0 Å². The number of amides is 1. The SMILES string of the molecule is CCC(=O)N(C)c1ccc(-c2ccc(C(=O)Cc3cnoc3C)nc2)cc1F. The van der Waals surface area contributed by atoms with Gasteiger partial charge in [0.25, 0.3) is 0 Å². The molecule has 1 aromatic carbocycles. The van der Waals surface area contributed by atoms with Crippen molar-refractivity contribution in [2.75, 3.05) is 11.9 Å². The minimum absolute atomic E-state index is 0.154. The molecule has 2 heterocycles. The van der Waals surface area contributed by atoms with E-state index in [2.05, 4.69) is 10.1 Å². The number of anilines is 1. The molecule has 3 rings (SSSR count). The van der Waals surface area contributed by atoms with Crippen molar-refractivity contribution in [3.63, 3.8) is 0 Å². The fourth-order valence-electron chi connectivity index (χ4n) is 2.81. The lowest BCUT2D eigenvalue weighted by molar-refractivity contribution is -0.118. The van der Waals surface area contributed by atoms with Gasteiger partial charge in [-0.2, -0.15) is 0 Å². The summed E-state index contributed by atoms with van der Waals surface area (Å²) >= 11 is 0. The van der Waals surface area contributed by atoms with Crippen molar-refractivity contribution in [2.45, 2.75) is 26.7 Å². The van der Waals surface area contributed by atoms with Gasteiger partial charge in [-0.3, -0.25) is 14.6 Å². The first-order chi connectivity index (χ1) is 13.4. The van der Waals surface area contributed by atoms with Crippen molar-refractivity contribution in [3.8, 4) is 11.1 Å². The van der Waals surface area contributed by atoms with E-state index in [1.54, 1.807) is 45.2 Å². The Kier molecular flexibility index (Phi) is 5.63. The Morgan fingerprint density at radius 1 is 1.14 bits per heavy atom. The number of ketones is 1. The predicted octanol–water partition coefficient (Wildman–Crippen LogP) is 3.98. The third-order valence-corrected chi connectivity index (χ3v) is 4.57. The molecular formula is C21H20FN3O3. The number of aromatic nitrogens is 2. The standard InChI is InChI=1S/C21H20FN3O3/c1-4-21(27)25(3)19-8-6-14(9-17(19)22)15-5-7-18(23-11-15)20(26)10-16-12-24-28-13(16)2/h5-9,11-12H,4,10H2,1-3H3. The Hall–Kier alpha value is -3.35. The van der Waals surface area contributed by atoms with Crippen molar-refractivity contribution < 1.29 is 18.5 Å². The first kappa shape index (κ1) is 19.4. The molecule has 0 N–H and O–H groups in total. The number of pyridine rings is 1. The lowest BCUT2D eigenvalue weighted by Crippen LogP contribution is -2.25. The van der Waals surface area contributed by atoms with E-state index < -0.39 is 5.82 Å². The van der Waals surface area contributed by atoms with Gasteiger partial charge in [-0.15, -0.1) is 0 Å². The summed E-state index contributed by atoms with van der Waals surface area (Å²) in [5.41, 5.74) is 2.54. The average molecular weight is 381 g/mol. The van der Waals surface area contributed by atoms with Crippen molar-refractivity contribution in [3.05, 3.63) is 65.6 Å². The molecule has 0 radical (unpaired) electrons. The molecule has 2 aromatic heterocycles. The third kappa shape index (κ3) is 3.98. The van der Waals surface area contributed by atoms with Crippen LogP contribution < -0.4 is 4.90 Å². The van der Waals surface area contributed by atoms with Gasteiger partial charge in [-0.05, 0) is 30.7 Å². The van der Waals surface area contributed by atoms with Crippen LogP contribution >= 0.6 is 0 Å². The van der Waals surface area contributed by atoms with Crippen LogP contribution in [0.1, 0.15) is 35.2 Å². The van der Waals surface area contributed by atoms with E-state index >= 15 is 0 Å². The number of Topliss-reactive ketones (excluding diaryl/α,β-unsaturated/α-hetero) is 1. The van der Waals surface area contributed by atoms with E-state index in [9.17, 15) is 14.0 Å². The second-order valence-electron chi connectivity index (χ2n) is 6.41. The van der Waals surface area contributed by atoms with Gasteiger partial charge in [0, 0.05) is 37.2 Å². The van der Waals surface area contributed by atoms with Gasteiger partial charge < -0.3 is 9.42 Å². The molecule has 0 aliphatic carbocycles. The number of aryl methyl sites for hydroxylation is 1.